The van der Waals surface area contributed by atoms with E-state index in [2.05, 4.69) is 15.6 Å². The van der Waals surface area contributed by atoms with E-state index < -0.39 is 0 Å². The van der Waals surface area contributed by atoms with Gasteiger partial charge in [0.1, 0.15) is 6.10 Å². The van der Waals surface area contributed by atoms with Gasteiger partial charge in [-0.15, -0.1) is 24.0 Å². The zero-order valence-electron chi connectivity index (χ0n) is 11.9. The van der Waals surface area contributed by atoms with E-state index in [-0.39, 0.29) is 30.1 Å². The molecule has 0 amide bonds. The predicted molar refractivity (Wildman–Crippen MR) is 91.4 cm³/mol. The summed E-state index contributed by atoms with van der Waals surface area (Å²) in [5.41, 5.74) is 0. The number of nitrogens with zero attached hydrogens (tertiary/aromatic N) is 1. The van der Waals surface area contributed by atoms with Crippen molar-refractivity contribution < 1.29 is 9.47 Å². The molecule has 0 saturated heterocycles. The van der Waals surface area contributed by atoms with Gasteiger partial charge in [-0.05, 0) is 25.5 Å². The van der Waals surface area contributed by atoms with Gasteiger partial charge in [-0.1, -0.05) is 12.1 Å². The van der Waals surface area contributed by atoms with Crippen molar-refractivity contribution in [1.29, 1.82) is 0 Å². The van der Waals surface area contributed by atoms with Gasteiger partial charge >= 0.3 is 0 Å². The lowest BCUT2D eigenvalue weighted by Gasteiger charge is -2.20. The molecule has 6 heteroatoms. The number of para-hydroxylation sites is 2. The standard InChI is InChI=1S/C14H21N3O2.HI/c1-11(10-17-14-15-8-5-9-16-14)19-13-7-4-3-6-12(13)18-2;/h3-4,6-7,11H,5,8-10H2,1-2H3,(H2,15,16,17);1H. The van der Waals surface area contributed by atoms with Gasteiger partial charge in [0.25, 0.3) is 0 Å². The predicted octanol–water partition coefficient (Wildman–Crippen LogP) is 2.02. The molecule has 1 unspecified atom stereocenters. The summed E-state index contributed by atoms with van der Waals surface area (Å²) in [4.78, 5) is 4.36. The molecule has 0 aromatic heterocycles. The Balaban J connectivity index is 0.00000200. The Morgan fingerprint density at radius 2 is 2.10 bits per heavy atom. The van der Waals surface area contributed by atoms with E-state index in [0.717, 1.165) is 37.0 Å². The van der Waals surface area contributed by atoms with Crippen LogP contribution in [0.5, 0.6) is 11.5 Å². The summed E-state index contributed by atoms with van der Waals surface area (Å²) in [5, 5.41) is 6.47. The van der Waals surface area contributed by atoms with E-state index in [1.165, 1.54) is 0 Å². The molecule has 0 bridgehead atoms. The van der Waals surface area contributed by atoms with Crippen LogP contribution < -0.4 is 20.1 Å². The first-order valence-corrected chi connectivity index (χ1v) is 6.61. The maximum absolute atomic E-state index is 5.86. The summed E-state index contributed by atoms with van der Waals surface area (Å²) in [5.74, 6) is 2.38. The van der Waals surface area contributed by atoms with Gasteiger partial charge in [0.05, 0.1) is 13.7 Å². The van der Waals surface area contributed by atoms with Crippen molar-refractivity contribution in [3.05, 3.63) is 24.3 Å². The third kappa shape index (κ3) is 5.07. The highest BCUT2D eigenvalue weighted by atomic mass is 127. The van der Waals surface area contributed by atoms with E-state index in [1.807, 2.05) is 31.2 Å². The summed E-state index contributed by atoms with van der Waals surface area (Å²) in [6.07, 6.45) is 1.13. The smallest absolute Gasteiger partial charge is 0.191 e. The molecule has 0 fully saturated rings. The van der Waals surface area contributed by atoms with Gasteiger partial charge in [0.15, 0.2) is 17.5 Å². The number of hydrogen-bond acceptors (Lipinski definition) is 5. The number of halogens is 1. The fourth-order valence-corrected chi connectivity index (χ4v) is 1.87. The van der Waals surface area contributed by atoms with Crippen LogP contribution in [-0.2, 0) is 0 Å². The molecule has 0 aliphatic carbocycles. The molecule has 0 saturated carbocycles. The zero-order valence-corrected chi connectivity index (χ0v) is 14.2. The number of aliphatic imine (C=N–C) groups is 1. The lowest BCUT2D eigenvalue weighted by molar-refractivity contribution is 0.213. The van der Waals surface area contributed by atoms with E-state index >= 15 is 0 Å². The first-order valence-electron chi connectivity index (χ1n) is 6.61. The Hall–Kier alpha value is -1.18. The average molecular weight is 391 g/mol. The van der Waals surface area contributed by atoms with Gasteiger partial charge in [-0.2, -0.15) is 0 Å². The number of methoxy groups -OCH3 is 1. The summed E-state index contributed by atoms with van der Waals surface area (Å²) >= 11 is 0. The second kappa shape index (κ2) is 8.89. The molecule has 5 nitrogen and oxygen atoms in total. The lowest BCUT2D eigenvalue weighted by Crippen LogP contribution is -2.44. The average Bonchev–Trinajstić information content (AvgIpc) is 2.47. The molecule has 2 rings (SSSR count). The highest BCUT2D eigenvalue weighted by Gasteiger charge is 2.10. The summed E-state index contributed by atoms with van der Waals surface area (Å²) < 4.78 is 11.1. The highest BCUT2D eigenvalue weighted by Crippen LogP contribution is 2.26. The van der Waals surface area contributed by atoms with Crippen LogP contribution in [0.3, 0.4) is 0 Å². The molecule has 0 radical (unpaired) electrons. The van der Waals surface area contributed by atoms with Gasteiger partial charge in [-0.25, -0.2) is 0 Å². The van der Waals surface area contributed by atoms with Crippen LogP contribution in [0.4, 0.5) is 0 Å². The van der Waals surface area contributed by atoms with Gasteiger partial charge in [-0.3, -0.25) is 4.99 Å². The zero-order chi connectivity index (χ0) is 13.5. The van der Waals surface area contributed by atoms with E-state index in [4.69, 9.17) is 9.47 Å². The van der Waals surface area contributed by atoms with Crippen LogP contribution in [0, 0.1) is 0 Å². The fraction of sp³-hybridized carbons (Fsp3) is 0.500. The van der Waals surface area contributed by atoms with E-state index in [1.54, 1.807) is 7.11 Å². The number of hydrogen-bond donors (Lipinski definition) is 2. The normalized spacial score (nSPS) is 15.2. The maximum atomic E-state index is 5.86. The van der Waals surface area contributed by atoms with Crippen LogP contribution in [0.2, 0.25) is 0 Å². The minimum Gasteiger partial charge on any atom is -0.493 e. The molecule has 1 aromatic rings. The highest BCUT2D eigenvalue weighted by molar-refractivity contribution is 14.0. The molecule has 1 aromatic carbocycles. The van der Waals surface area contributed by atoms with E-state index in [9.17, 15) is 0 Å². The van der Waals surface area contributed by atoms with Crippen molar-refractivity contribution in [2.45, 2.75) is 19.4 Å². The Bertz CT molecular complexity index is 440. The number of guanidine groups is 1. The van der Waals surface area contributed by atoms with Crippen molar-refractivity contribution in [1.82, 2.24) is 10.6 Å². The Morgan fingerprint density at radius 1 is 1.35 bits per heavy atom. The van der Waals surface area contributed by atoms with Gasteiger partial charge in [0, 0.05) is 13.1 Å². The molecular formula is C14H22IN3O2. The molecule has 1 atom stereocenters. The number of benzene rings is 1. The second-order valence-electron chi connectivity index (χ2n) is 4.47. The van der Waals surface area contributed by atoms with Crippen LogP contribution >= 0.6 is 24.0 Å². The van der Waals surface area contributed by atoms with E-state index in [0.29, 0.717) is 6.54 Å². The van der Waals surface area contributed by atoms with Crippen LogP contribution in [0.1, 0.15) is 13.3 Å². The summed E-state index contributed by atoms with van der Waals surface area (Å²) in [7, 11) is 1.64. The minimum absolute atomic E-state index is 0. The minimum atomic E-state index is 0. The summed E-state index contributed by atoms with van der Waals surface area (Å²) in [6, 6.07) is 7.66. The molecule has 1 aliphatic rings. The molecule has 1 heterocycles. The molecule has 2 N–H and O–H groups in total. The SMILES string of the molecule is COc1ccccc1OC(C)CNC1=NCCCN1.I. The van der Waals surface area contributed by atoms with Crippen molar-refractivity contribution in [2.24, 2.45) is 4.99 Å². The Kier molecular flexibility index (Phi) is 7.50. The Morgan fingerprint density at radius 3 is 2.75 bits per heavy atom. The van der Waals surface area contributed by atoms with Gasteiger partial charge in [0.2, 0.25) is 0 Å². The Labute approximate surface area is 137 Å². The van der Waals surface area contributed by atoms with Crippen molar-refractivity contribution in [3.8, 4) is 11.5 Å². The maximum Gasteiger partial charge on any atom is 0.191 e. The van der Waals surface area contributed by atoms with Crippen molar-refractivity contribution >= 4 is 29.9 Å². The third-order valence-electron chi connectivity index (χ3n) is 2.85. The lowest BCUT2D eigenvalue weighted by atomic mass is 10.3. The molecule has 0 spiro atoms. The van der Waals surface area contributed by atoms with Crippen molar-refractivity contribution in [2.75, 3.05) is 26.7 Å². The molecule has 112 valence electrons. The second-order valence-corrected chi connectivity index (χ2v) is 4.47. The van der Waals surface area contributed by atoms with Gasteiger partial charge < -0.3 is 20.1 Å². The molecule has 1 aliphatic heterocycles. The first kappa shape index (κ1) is 16.9. The van der Waals surface area contributed by atoms with Crippen LogP contribution in [-0.4, -0.2) is 38.8 Å². The monoisotopic (exact) mass is 391 g/mol. The van der Waals surface area contributed by atoms with Crippen LogP contribution in [0.15, 0.2) is 29.3 Å². The number of ether oxygens (including phenoxy) is 2. The fourth-order valence-electron chi connectivity index (χ4n) is 1.87. The first-order chi connectivity index (χ1) is 9.29. The topological polar surface area (TPSA) is 54.9 Å². The third-order valence-corrected chi connectivity index (χ3v) is 2.85. The summed E-state index contributed by atoms with van der Waals surface area (Å²) in [6.45, 7) is 4.58. The van der Waals surface area contributed by atoms with Crippen molar-refractivity contribution in [3.63, 3.8) is 0 Å². The quantitative estimate of drug-likeness (QED) is 0.755. The number of rotatable bonds is 5. The largest absolute Gasteiger partial charge is 0.493 e. The molecular weight excluding hydrogens is 369 g/mol. The molecule has 20 heavy (non-hydrogen) atoms. The number of nitrogens with one attached hydrogen (secondary N) is 2. The van der Waals surface area contributed by atoms with Crippen LogP contribution in [0.25, 0.3) is 0 Å².